The number of hydrogen-bond acceptors (Lipinski definition) is 10. The first kappa shape index (κ1) is 32.6. The van der Waals surface area contributed by atoms with E-state index < -0.39 is 55.3 Å². The van der Waals surface area contributed by atoms with Gasteiger partial charge in [0.15, 0.2) is 12.6 Å². The molecule has 44 heavy (non-hydrogen) atoms. The second-order valence-electron chi connectivity index (χ2n) is 11.0. The highest BCUT2D eigenvalue weighted by Gasteiger charge is 2.49. The Hall–Kier alpha value is -2.74. The molecular formula is C34H42O10. The lowest BCUT2D eigenvalue weighted by molar-refractivity contribution is -0.336. The average molecular weight is 611 g/mol. The maximum Gasteiger partial charge on any atom is 0.186 e. The molecule has 10 nitrogen and oxygen atoms in total. The smallest absolute Gasteiger partial charge is 0.186 e. The van der Waals surface area contributed by atoms with E-state index >= 15 is 0 Å². The molecule has 0 saturated carbocycles. The van der Waals surface area contributed by atoms with Crippen molar-refractivity contribution in [3.05, 3.63) is 108 Å². The Morgan fingerprint density at radius 3 is 1.64 bits per heavy atom. The van der Waals surface area contributed by atoms with Crippen LogP contribution in [0.3, 0.4) is 0 Å². The van der Waals surface area contributed by atoms with Crippen LogP contribution in [-0.2, 0) is 53.0 Å². The minimum absolute atomic E-state index is 0.0808. The summed E-state index contributed by atoms with van der Waals surface area (Å²) in [7, 11) is 1.54. The Bertz CT molecular complexity index is 1220. The quantitative estimate of drug-likeness (QED) is 0.251. The van der Waals surface area contributed by atoms with Crippen molar-refractivity contribution in [2.75, 3.05) is 20.3 Å². The fraction of sp³-hybridized carbons (Fsp3) is 0.471. The van der Waals surface area contributed by atoms with Gasteiger partial charge < -0.3 is 48.5 Å². The van der Waals surface area contributed by atoms with Gasteiger partial charge in [0, 0.05) is 13.5 Å². The van der Waals surface area contributed by atoms with Crippen molar-refractivity contribution in [3.63, 3.8) is 0 Å². The lowest BCUT2D eigenvalue weighted by atomic mass is 9.97. The molecule has 3 aromatic carbocycles. The maximum atomic E-state index is 10.6. The van der Waals surface area contributed by atoms with Gasteiger partial charge in [0.2, 0.25) is 0 Å². The van der Waals surface area contributed by atoms with Crippen LogP contribution in [0.25, 0.3) is 0 Å². The van der Waals surface area contributed by atoms with Gasteiger partial charge in [0.25, 0.3) is 0 Å². The molecular weight excluding hydrogens is 568 g/mol. The minimum Gasteiger partial charge on any atom is -0.394 e. The number of aliphatic hydroxyl groups is 3. The van der Waals surface area contributed by atoms with Crippen molar-refractivity contribution in [2.24, 2.45) is 0 Å². The van der Waals surface area contributed by atoms with Crippen LogP contribution in [0.15, 0.2) is 91.0 Å². The van der Waals surface area contributed by atoms with Crippen LogP contribution in [0.4, 0.5) is 0 Å². The Kier molecular flexibility index (Phi) is 12.3. The third-order valence-corrected chi connectivity index (χ3v) is 7.81. The Balaban J connectivity index is 1.40. The molecule has 0 aliphatic carbocycles. The largest absolute Gasteiger partial charge is 0.394 e. The molecule has 2 aliphatic heterocycles. The summed E-state index contributed by atoms with van der Waals surface area (Å²) in [5.74, 6) is 0. The zero-order valence-corrected chi connectivity index (χ0v) is 24.8. The van der Waals surface area contributed by atoms with E-state index in [1.807, 2.05) is 91.0 Å². The minimum atomic E-state index is -1.30. The number of ether oxygens (including phenoxy) is 7. The third kappa shape index (κ3) is 8.70. The molecule has 0 aromatic heterocycles. The molecule has 2 heterocycles. The number of aliphatic hydroxyl groups excluding tert-OH is 3. The first-order valence-corrected chi connectivity index (χ1v) is 14.9. The van der Waals surface area contributed by atoms with Crippen molar-refractivity contribution >= 4 is 0 Å². The molecule has 238 valence electrons. The summed E-state index contributed by atoms with van der Waals surface area (Å²) < 4.78 is 43.4. The topological polar surface area (TPSA) is 125 Å². The summed E-state index contributed by atoms with van der Waals surface area (Å²) in [4.78, 5) is 0. The molecule has 9 atom stereocenters. The number of methoxy groups -OCH3 is 1. The molecule has 2 aliphatic rings. The van der Waals surface area contributed by atoms with Gasteiger partial charge in [-0.3, -0.25) is 0 Å². The Morgan fingerprint density at radius 1 is 0.636 bits per heavy atom. The van der Waals surface area contributed by atoms with Gasteiger partial charge >= 0.3 is 0 Å². The van der Waals surface area contributed by atoms with E-state index in [0.717, 1.165) is 16.7 Å². The fourth-order valence-corrected chi connectivity index (χ4v) is 5.43. The van der Waals surface area contributed by atoms with E-state index in [0.29, 0.717) is 13.2 Å². The van der Waals surface area contributed by atoms with Crippen molar-refractivity contribution in [3.8, 4) is 0 Å². The van der Waals surface area contributed by atoms with Gasteiger partial charge in [-0.2, -0.15) is 0 Å². The Labute approximate surface area is 258 Å². The standard InChI is InChI=1S/C34H42O10/c1-38-34-32(41-21-25-15-9-4-10-16-25)31(40-20-24-13-7-3-8-14-24)30(39-19-23-11-5-2-6-12-23)28(44-34)22-42-33-29(37)27(36)17-26(18-35)43-33/h2-16,26-37H,17-22H2,1H3/t26-,27-,28+,29+,30+,31-,32-,33+,34-/m0/s1. The number of rotatable bonds is 14. The highest BCUT2D eigenvalue weighted by atomic mass is 16.7. The van der Waals surface area contributed by atoms with Gasteiger partial charge in [-0.15, -0.1) is 0 Å². The predicted molar refractivity (Wildman–Crippen MR) is 159 cm³/mol. The lowest BCUT2D eigenvalue weighted by Crippen LogP contribution is -2.62. The van der Waals surface area contributed by atoms with Crippen LogP contribution in [0, 0.1) is 0 Å². The first-order valence-electron chi connectivity index (χ1n) is 14.9. The zero-order valence-electron chi connectivity index (χ0n) is 24.8. The molecule has 0 bridgehead atoms. The number of benzene rings is 3. The van der Waals surface area contributed by atoms with Gasteiger partial charge in [-0.05, 0) is 16.7 Å². The molecule has 2 fully saturated rings. The van der Waals surface area contributed by atoms with Gasteiger partial charge in [-0.25, -0.2) is 0 Å². The van der Waals surface area contributed by atoms with E-state index in [-0.39, 0.29) is 26.2 Å². The molecule has 0 unspecified atom stereocenters. The average Bonchev–Trinajstić information content (AvgIpc) is 3.07. The summed E-state index contributed by atoms with van der Waals surface area (Å²) in [6.45, 7) is 0.472. The number of hydrogen-bond donors (Lipinski definition) is 3. The monoisotopic (exact) mass is 610 g/mol. The van der Waals surface area contributed by atoms with Crippen LogP contribution < -0.4 is 0 Å². The molecule has 0 radical (unpaired) electrons. The van der Waals surface area contributed by atoms with Crippen LogP contribution >= 0.6 is 0 Å². The van der Waals surface area contributed by atoms with E-state index in [1.165, 1.54) is 7.11 Å². The second-order valence-corrected chi connectivity index (χ2v) is 11.0. The van der Waals surface area contributed by atoms with Crippen LogP contribution in [0.2, 0.25) is 0 Å². The summed E-state index contributed by atoms with van der Waals surface area (Å²) in [5.41, 5.74) is 2.92. The second kappa shape index (κ2) is 16.5. The summed E-state index contributed by atoms with van der Waals surface area (Å²) in [6.07, 6.45) is -7.72. The third-order valence-electron chi connectivity index (χ3n) is 7.81. The predicted octanol–water partition coefficient (Wildman–Crippen LogP) is 2.96. The van der Waals surface area contributed by atoms with Crippen molar-refractivity contribution < 1.29 is 48.5 Å². The molecule has 2 saturated heterocycles. The molecule has 3 aromatic rings. The van der Waals surface area contributed by atoms with Crippen LogP contribution in [0.1, 0.15) is 23.1 Å². The molecule has 0 amide bonds. The lowest BCUT2D eigenvalue weighted by Gasteiger charge is -2.46. The van der Waals surface area contributed by atoms with E-state index in [1.54, 1.807) is 0 Å². The maximum absolute atomic E-state index is 10.6. The zero-order chi connectivity index (χ0) is 30.7. The van der Waals surface area contributed by atoms with Crippen molar-refractivity contribution in [1.82, 2.24) is 0 Å². The molecule has 10 heteroatoms. The van der Waals surface area contributed by atoms with Gasteiger partial charge in [0.1, 0.15) is 30.5 Å². The van der Waals surface area contributed by atoms with Crippen LogP contribution in [-0.4, -0.2) is 91.0 Å². The molecule has 3 N–H and O–H groups in total. The van der Waals surface area contributed by atoms with Crippen molar-refractivity contribution in [1.29, 1.82) is 0 Å². The van der Waals surface area contributed by atoms with Crippen molar-refractivity contribution in [2.45, 2.75) is 81.5 Å². The summed E-state index contributed by atoms with van der Waals surface area (Å²) >= 11 is 0. The highest BCUT2D eigenvalue weighted by molar-refractivity contribution is 5.15. The highest BCUT2D eigenvalue weighted by Crippen LogP contribution is 2.32. The van der Waals surface area contributed by atoms with Gasteiger partial charge in [-0.1, -0.05) is 91.0 Å². The summed E-state index contributed by atoms with van der Waals surface area (Å²) in [5, 5.41) is 30.5. The van der Waals surface area contributed by atoms with Gasteiger partial charge in [0.05, 0.1) is 45.2 Å². The normalized spacial score (nSPS) is 30.7. The van der Waals surface area contributed by atoms with E-state index in [9.17, 15) is 15.3 Å². The summed E-state index contributed by atoms with van der Waals surface area (Å²) in [6, 6.07) is 29.4. The fourth-order valence-electron chi connectivity index (χ4n) is 5.43. The van der Waals surface area contributed by atoms with E-state index in [2.05, 4.69) is 0 Å². The first-order chi connectivity index (χ1) is 21.6. The molecule has 5 rings (SSSR count). The van der Waals surface area contributed by atoms with Crippen LogP contribution in [0.5, 0.6) is 0 Å². The SMILES string of the molecule is CO[C@H]1O[C@H](CO[C@@H]2O[C@H](CO)C[C@H](O)[C@H]2O)[C@@H](OCc2ccccc2)[C@H](OCc2ccccc2)[C@@H]1OCc1ccccc1. The Morgan fingerprint density at radius 2 is 1.14 bits per heavy atom. The molecule has 0 spiro atoms. The van der Waals surface area contributed by atoms with E-state index in [4.69, 9.17) is 33.2 Å².